The number of hydrogen-bond acceptors (Lipinski definition) is 3. The number of carbonyl (C=O) groups is 1. The maximum absolute atomic E-state index is 13.2. The van der Waals surface area contributed by atoms with Gasteiger partial charge in [-0.25, -0.2) is 4.39 Å². The van der Waals surface area contributed by atoms with Gasteiger partial charge in [-0.2, -0.15) is 0 Å². The smallest absolute Gasteiger partial charge is 0.194 e. The summed E-state index contributed by atoms with van der Waals surface area (Å²) in [5.41, 5.74) is 0.453. The summed E-state index contributed by atoms with van der Waals surface area (Å²) in [7, 11) is 2.93. The molecule has 0 saturated carbocycles. The van der Waals surface area contributed by atoms with Crippen LogP contribution in [0.4, 0.5) is 4.39 Å². The van der Waals surface area contributed by atoms with Crippen LogP contribution in [0.15, 0.2) is 36.4 Å². The predicted octanol–water partition coefficient (Wildman–Crippen LogP) is 3.73. The lowest BCUT2D eigenvalue weighted by atomic mass is 10.0. The molecule has 2 aromatic carbocycles. The van der Waals surface area contributed by atoms with Crippen molar-refractivity contribution in [1.82, 2.24) is 0 Å². The third-order valence-electron chi connectivity index (χ3n) is 2.80. The average Bonchev–Trinajstić information content (AvgIpc) is 2.46. The van der Waals surface area contributed by atoms with Gasteiger partial charge in [-0.05, 0) is 18.2 Å². The Hall–Kier alpha value is -2.07. The van der Waals surface area contributed by atoms with E-state index in [0.29, 0.717) is 11.5 Å². The van der Waals surface area contributed by atoms with Crippen LogP contribution in [-0.4, -0.2) is 20.0 Å². The molecule has 0 heterocycles. The zero-order valence-corrected chi connectivity index (χ0v) is 11.7. The molecular formula is C15H12ClFO3. The number of benzene rings is 2. The summed E-state index contributed by atoms with van der Waals surface area (Å²) >= 11 is 6.07. The van der Waals surface area contributed by atoms with Gasteiger partial charge in [0.05, 0.1) is 19.2 Å². The summed E-state index contributed by atoms with van der Waals surface area (Å²) in [6, 6.07) is 8.40. The summed E-state index contributed by atoms with van der Waals surface area (Å²) in [6.07, 6.45) is 0. The van der Waals surface area contributed by atoms with Crippen molar-refractivity contribution in [1.29, 1.82) is 0 Å². The molecule has 0 radical (unpaired) electrons. The van der Waals surface area contributed by atoms with E-state index < -0.39 is 5.82 Å². The highest BCUT2D eigenvalue weighted by molar-refractivity contribution is 6.35. The number of ketones is 1. The van der Waals surface area contributed by atoms with Crippen molar-refractivity contribution < 1.29 is 18.7 Å². The first kappa shape index (κ1) is 14.3. The maximum atomic E-state index is 13.2. The Morgan fingerprint density at radius 3 is 2.35 bits per heavy atom. The normalized spacial score (nSPS) is 10.2. The van der Waals surface area contributed by atoms with E-state index in [-0.39, 0.29) is 21.9 Å². The second-order valence-electron chi connectivity index (χ2n) is 4.03. The minimum atomic E-state index is -0.479. The van der Waals surface area contributed by atoms with E-state index >= 15 is 0 Å². The van der Waals surface area contributed by atoms with Crippen LogP contribution in [0, 0.1) is 5.82 Å². The summed E-state index contributed by atoms with van der Waals surface area (Å²) in [4.78, 5) is 12.3. The number of rotatable bonds is 4. The minimum Gasteiger partial charge on any atom is -0.493 e. The van der Waals surface area contributed by atoms with Crippen LogP contribution in [0.1, 0.15) is 15.9 Å². The Morgan fingerprint density at radius 2 is 1.75 bits per heavy atom. The molecule has 5 heteroatoms. The average molecular weight is 295 g/mol. The molecule has 3 nitrogen and oxygen atoms in total. The van der Waals surface area contributed by atoms with E-state index in [4.69, 9.17) is 21.1 Å². The molecule has 104 valence electrons. The molecule has 0 aliphatic carbocycles. The van der Waals surface area contributed by atoms with Crippen LogP contribution in [0.5, 0.6) is 11.5 Å². The van der Waals surface area contributed by atoms with Gasteiger partial charge in [-0.15, -0.1) is 0 Å². The third kappa shape index (κ3) is 2.75. The van der Waals surface area contributed by atoms with Gasteiger partial charge in [0.2, 0.25) is 0 Å². The van der Waals surface area contributed by atoms with Crippen LogP contribution >= 0.6 is 11.6 Å². The quantitative estimate of drug-likeness (QED) is 0.806. The van der Waals surface area contributed by atoms with Gasteiger partial charge < -0.3 is 9.47 Å². The van der Waals surface area contributed by atoms with E-state index in [1.807, 2.05) is 0 Å². The maximum Gasteiger partial charge on any atom is 0.194 e. The molecule has 0 aliphatic heterocycles. The molecule has 2 rings (SSSR count). The highest BCUT2D eigenvalue weighted by Gasteiger charge is 2.17. The van der Waals surface area contributed by atoms with Gasteiger partial charge in [0.25, 0.3) is 0 Å². The van der Waals surface area contributed by atoms with E-state index in [1.165, 1.54) is 44.6 Å². The van der Waals surface area contributed by atoms with Crippen molar-refractivity contribution in [3.63, 3.8) is 0 Å². The molecule has 0 bridgehead atoms. The first-order chi connectivity index (χ1) is 9.56. The Balaban J connectivity index is 2.49. The summed E-state index contributed by atoms with van der Waals surface area (Å²) in [6.45, 7) is 0. The fraction of sp³-hybridized carbons (Fsp3) is 0.133. The molecule has 0 saturated heterocycles. The summed E-state index contributed by atoms with van der Waals surface area (Å²) < 4.78 is 23.4. The number of hydrogen-bond donors (Lipinski definition) is 0. The molecule has 0 fully saturated rings. The summed E-state index contributed by atoms with van der Waals surface area (Å²) in [5.74, 6) is -0.0483. The number of halogens is 2. The van der Waals surface area contributed by atoms with Gasteiger partial charge in [-0.3, -0.25) is 4.79 Å². The molecule has 0 aromatic heterocycles. The molecular weight excluding hydrogens is 283 g/mol. The predicted molar refractivity (Wildman–Crippen MR) is 74.4 cm³/mol. The molecule has 0 unspecified atom stereocenters. The largest absolute Gasteiger partial charge is 0.493 e. The second-order valence-corrected chi connectivity index (χ2v) is 4.43. The highest BCUT2D eigenvalue weighted by Crippen LogP contribution is 2.34. The van der Waals surface area contributed by atoms with Crippen molar-refractivity contribution in [3.8, 4) is 11.5 Å². The standard InChI is InChI=1S/C15H12ClFO3/c1-19-13-7-11(12(16)8-14(13)20-2)15(18)9-4-3-5-10(17)6-9/h3-8H,1-2H3. The minimum absolute atomic E-state index is 0.219. The summed E-state index contributed by atoms with van der Waals surface area (Å²) in [5, 5.41) is 0.219. The molecule has 0 spiro atoms. The topological polar surface area (TPSA) is 35.5 Å². The number of ether oxygens (including phenoxy) is 2. The van der Waals surface area contributed by atoms with Crippen LogP contribution < -0.4 is 9.47 Å². The zero-order chi connectivity index (χ0) is 14.7. The molecule has 0 aliphatic rings. The van der Waals surface area contributed by atoms with E-state index in [2.05, 4.69) is 0 Å². The molecule has 20 heavy (non-hydrogen) atoms. The van der Waals surface area contributed by atoms with Gasteiger partial charge in [0, 0.05) is 17.2 Å². The van der Waals surface area contributed by atoms with Crippen molar-refractivity contribution in [2.45, 2.75) is 0 Å². The van der Waals surface area contributed by atoms with Crippen LogP contribution in [0.25, 0.3) is 0 Å². The Morgan fingerprint density at radius 1 is 1.10 bits per heavy atom. The first-order valence-corrected chi connectivity index (χ1v) is 6.16. The first-order valence-electron chi connectivity index (χ1n) is 5.78. The van der Waals surface area contributed by atoms with Crippen molar-refractivity contribution in [2.75, 3.05) is 14.2 Å². The van der Waals surface area contributed by atoms with Crippen LogP contribution in [-0.2, 0) is 0 Å². The molecule has 2 aromatic rings. The Bertz CT molecular complexity index is 656. The van der Waals surface area contributed by atoms with Crippen molar-refractivity contribution in [3.05, 3.63) is 58.4 Å². The Kier molecular flexibility index (Phi) is 4.25. The van der Waals surface area contributed by atoms with E-state index in [0.717, 1.165) is 6.07 Å². The fourth-order valence-electron chi connectivity index (χ4n) is 1.81. The molecule has 0 atom stereocenters. The fourth-order valence-corrected chi connectivity index (χ4v) is 2.05. The Labute approximate surface area is 120 Å². The lowest BCUT2D eigenvalue weighted by molar-refractivity contribution is 0.103. The third-order valence-corrected chi connectivity index (χ3v) is 3.12. The van der Waals surface area contributed by atoms with Crippen LogP contribution in [0.2, 0.25) is 5.02 Å². The second kappa shape index (κ2) is 5.92. The van der Waals surface area contributed by atoms with Gasteiger partial charge in [-0.1, -0.05) is 23.7 Å². The lowest BCUT2D eigenvalue weighted by Gasteiger charge is -2.11. The number of methoxy groups -OCH3 is 2. The van der Waals surface area contributed by atoms with Gasteiger partial charge in [0.15, 0.2) is 17.3 Å². The lowest BCUT2D eigenvalue weighted by Crippen LogP contribution is -2.04. The molecule has 0 N–H and O–H groups in total. The van der Waals surface area contributed by atoms with Gasteiger partial charge in [0.1, 0.15) is 5.82 Å². The highest BCUT2D eigenvalue weighted by atomic mass is 35.5. The van der Waals surface area contributed by atoms with Gasteiger partial charge >= 0.3 is 0 Å². The van der Waals surface area contributed by atoms with E-state index in [9.17, 15) is 9.18 Å². The van der Waals surface area contributed by atoms with E-state index in [1.54, 1.807) is 0 Å². The van der Waals surface area contributed by atoms with Crippen molar-refractivity contribution >= 4 is 17.4 Å². The zero-order valence-electron chi connectivity index (χ0n) is 10.9. The monoisotopic (exact) mass is 294 g/mol. The van der Waals surface area contributed by atoms with Crippen molar-refractivity contribution in [2.24, 2.45) is 0 Å². The number of carbonyl (C=O) groups excluding carboxylic acids is 1. The van der Waals surface area contributed by atoms with Crippen LogP contribution in [0.3, 0.4) is 0 Å². The molecule has 0 amide bonds. The SMILES string of the molecule is COc1cc(Cl)c(C(=O)c2cccc(F)c2)cc1OC.